The minimum absolute atomic E-state index is 0. The summed E-state index contributed by atoms with van der Waals surface area (Å²) in [4.78, 5) is 0. The smallest absolute Gasteiger partial charge is 1.00 e. The summed E-state index contributed by atoms with van der Waals surface area (Å²) in [5, 5.41) is 0. The molecule has 0 bridgehead atoms. The zero-order valence-electron chi connectivity index (χ0n) is 21.5. The first-order valence-corrected chi connectivity index (χ1v) is 16.2. The van der Waals surface area contributed by atoms with Gasteiger partial charge in [-0.2, -0.15) is 0 Å². The van der Waals surface area contributed by atoms with Crippen molar-refractivity contribution < 1.29 is 46.1 Å². The number of hydrogen-bond donors (Lipinski definition) is 0. The van der Waals surface area contributed by atoms with E-state index >= 15 is 0 Å². The Bertz CT molecular complexity index is 1500. The van der Waals surface area contributed by atoms with Crippen LogP contribution in [0.4, 0.5) is 0 Å². The van der Waals surface area contributed by atoms with Gasteiger partial charge >= 0.3 is 218 Å². The van der Waals surface area contributed by atoms with E-state index in [-0.39, 0.29) is 24.8 Å². The molecule has 6 rings (SSSR count). The summed E-state index contributed by atoms with van der Waals surface area (Å²) in [6.07, 6.45) is 2.19. The number of rotatable bonds is 4. The number of allylic oxidation sites excluding steroid dienone is 4. The minimum atomic E-state index is -2.59. The average molecular weight is 601 g/mol. The van der Waals surface area contributed by atoms with Crippen LogP contribution in [0.25, 0.3) is 11.1 Å². The molecule has 0 aliphatic heterocycles. The van der Waals surface area contributed by atoms with Crippen LogP contribution in [-0.2, 0) is 27.7 Å². The molecule has 0 N–H and O–H groups in total. The molecule has 0 radical (unpaired) electrons. The normalized spacial score (nSPS) is 13.2. The van der Waals surface area contributed by atoms with E-state index in [1.807, 2.05) is 0 Å². The summed E-state index contributed by atoms with van der Waals surface area (Å²) in [5.41, 5.74) is 13.3. The molecule has 0 atom stereocenters. The van der Waals surface area contributed by atoms with Crippen molar-refractivity contribution in [3.63, 3.8) is 0 Å². The quantitative estimate of drug-likeness (QED) is 0.295. The van der Waals surface area contributed by atoms with E-state index in [0.29, 0.717) is 0 Å². The van der Waals surface area contributed by atoms with Crippen molar-refractivity contribution in [2.75, 3.05) is 0 Å². The molecule has 4 aromatic carbocycles. The first-order chi connectivity index (χ1) is 17.1. The van der Waals surface area contributed by atoms with Gasteiger partial charge in [-0.05, 0) is 0 Å². The molecule has 4 aromatic rings. The van der Waals surface area contributed by atoms with Crippen molar-refractivity contribution in [3.05, 3.63) is 145 Å². The standard InChI is InChI=1S/C13H9.C13H10.C8H11.2ClH.Zr/c1-3-7-12-10(5-1)9-11-6-2-4-8-13(11)12;1-3-7-12(8-4-1)11-13-9-5-2-6-10-13;1-6-4-5-7(2)8(6)3;;;/h1-5,7-8H,9H2;1-10H;4H2,1-3H3;2*1H;/q;;;;;+2/p-2. The Morgan fingerprint density at radius 1 is 0.568 bits per heavy atom. The van der Waals surface area contributed by atoms with E-state index in [1.165, 1.54) is 33.4 Å². The van der Waals surface area contributed by atoms with Crippen molar-refractivity contribution in [1.82, 2.24) is 0 Å². The van der Waals surface area contributed by atoms with E-state index in [1.54, 1.807) is 26.5 Å². The summed E-state index contributed by atoms with van der Waals surface area (Å²) < 4.78 is 5.00. The molecule has 0 spiro atoms. The van der Waals surface area contributed by atoms with Crippen molar-refractivity contribution in [2.24, 2.45) is 0 Å². The molecule has 0 saturated carbocycles. The fourth-order valence-corrected chi connectivity index (χ4v) is 14.7. The first kappa shape index (κ1) is 27.7. The minimum Gasteiger partial charge on any atom is -1.00 e. The van der Waals surface area contributed by atoms with Gasteiger partial charge < -0.3 is 24.8 Å². The van der Waals surface area contributed by atoms with E-state index in [0.717, 1.165) is 12.8 Å². The maximum absolute atomic E-state index is 2.59. The predicted molar refractivity (Wildman–Crippen MR) is 146 cm³/mol. The molecule has 0 unspecified atom stereocenters. The largest absolute Gasteiger partial charge is 1.00 e. The van der Waals surface area contributed by atoms with Gasteiger partial charge in [-0.25, -0.2) is 0 Å². The molecule has 0 fully saturated rings. The third-order valence-electron chi connectivity index (χ3n) is 7.89. The third kappa shape index (κ3) is 4.95. The van der Waals surface area contributed by atoms with Crippen LogP contribution in [0, 0.1) is 0 Å². The molecule has 2 aliphatic carbocycles. The van der Waals surface area contributed by atoms with Crippen LogP contribution < -0.4 is 28.1 Å². The van der Waals surface area contributed by atoms with Gasteiger partial charge in [0.15, 0.2) is 0 Å². The van der Waals surface area contributed by atoms with Gasteiger partial charge in [0, 0.05) is 0 Å². The molecule has 2 aliphatic rings. The van der Waals surface area contributed by atoms with Crippen LogP contribution in [0.15, 0.2) is 123 Å². The van der Waals surface area contributed by atoms with E-state index in [9.17, 15) is 0 Å². The zero-order chi connectivity index (χ0) is 23.9. The topological polar surface area (TPSA) is 0 Å². The number of benzene rings is 4. The summed E-state index contributed by atoms with van der Waals surface area (Å²) in [5.74, 6) is 0. The second kappa shape index (κ2) is 11.6. The molecule has 184 valence electrons. The van der Waals surface area contributed by atoms with Crippen LogP contribution in [-0.4, -0.2) is 3.21 Å². The van der Waals surface area contributed by atoms with E-state index < -0.39 is 21.3 Å². The van der Waals surface area contributed by atoms with Crippen LogP contribution >= 0.6 is 0 Å². The Balaban J connectivity index is 0.00000160. The Morgan fingerprint density at radius 2 is 1.14 bits per heavy atom. The number of halogens is 2. The Labute approximate surface area is 241 Å². The maximum atomic E-state index is 2.48. The SMILES string of the molecule is CC1=C(C)C(C)=[C]([Zr+2](=[C](c2ccccc2)c2ccccc2)[c]2cccc3c2Cc2ccccc2-3)C1.[Cl-].[Cl-]. The molecule has 37 heavy (non-hydrogen) atoms. The van der Waals surface area contributed by atoms with Crippen molar-refractivity contribution in [2.45, 2.75) is 33.6 Å². The Kier molecular flexibility index (Phi) is 8.70. The Morgan fingerprint density at radius 3 is 1.73 bits per heavy atom. The molecule has 0 nitrogen and oxygen atoms in total. The number of fused-ring (bicyclic) bond motifs is 3. The van der Waals surface area contributed by atoms with Crippen LogP contribution in [0.3, 0.4) is 0 Å². The van der Waals surface area contributed by atoms with E-state index in [2.05, 4.69) is 124 Å². The van der Waals surface area contributed by atoms with E-state index in [4.69, 9.17) is 0 Å². The molecule has 3 heteroatoms. The number of hydrogen-bond acceptors (Lipinski definition) is 0. The average Bonchev–Trinajstić information content (AvgIpc) is 3.41. The van der Waals surface area contributed by atoms with Gasteiger partial charge in [0.05, 0.1) is 0 Å². The van der Waals surface area contributed by atoms with Crippen molar-refractivity contribution in [1.29, 1.82) is 0 Å². The Hall–Kier alpha value is -2.31. The monoisotopic (exact) mass is 598 g/mol. The van der Waals surface area contributed by atoms with Crippen molar-refractivity contribution >= 4 is 6.48 Å². The van der Waals surface area contributed by atoms with Gasteiger partial charge in [0.2, 0.25) is 0 Å². The second-order valence-corrected chi connectivity index (χ2v) is 15.7. The fraction of sp³-hybridized carbons (Fsp3) is 0.147. The zero-order valence-corrected chi connectivity index (χ0v) is 25.5. The predicted octanol–water partition coefficient (Wildman–Crippen LogP) is 1.79. The summed E-state index contributed by atoms with van der Waals surface area (Å²) in [6, 6.07) is 38.6. The molecular weight excluding hydrogens is 571 g/mol. The van der Waals surface area contributed by atoms with Gasteiger partial charge in [0.25, 0.3) is 0 Å². The molecule has 0 saturated heterocycles. The molecule has 0 aromatic heterocycles. The molecule has 0 amide bonds. The van der Waals surface area contributed by atoms with Gasteiger partial charge in [-0.3, -0.25) is 0 Å². The summed E-state index contributed by atoms with van der Waals surface area (Å²) in [7, 11) is 0. The second-order valence-electron chi connectivity index (χ2n) is 9.83. The van der Waals surface area contributed by atoms with Gasteiger partial charge in [0.1, 0.15) is 0 Å². The van der Waals surface area contributed by atoms with Crippen molar-refractivity contribution in [3.8, 4) is 11.1 Å². The molecular formula is C34H30Cl2Zr. The third-order valence-corrected chi connectivity index (χ3v) is 15.9. The maximum Gasteiger partial charge on any atom is -1.00 e. The van der Waals surface area contributed by atoms with Crippen LogP contribution in [0.1, 0.15) is 49.4 Å². The van der Waals surface area contributed by atoms with Gasteiger partial charge in [-0.15, -0.1) is 0 Å². The summed E-state index contributed by atoms with van der Waals surface area (Å²) >= 11 is -2.59. The van der Waals surface area contributed by atoms with Gasteiger partial charge in [-0.1, -0.05) is 0 Å². The fourth-order valence-electron chi connectivity index (χ4n) is 5.86. The van der Waals surface area contributed by atoms with Crippen LogP contribution in [0.5, 0.6) is 0 Å². The first-order valence-electron chi connectivity index (χ1n) is 12.6. The van der Waals surface area contributed by atoms with Crippen LogP contribution in [0.2, 0.25) is 0 Å². The molecule has 0 heterocycles. The summed E-state index contributed by atoms with van der Waals surface area (Å²) in [6.45, 7) is 7.05.